The molecular formula is C23H33NO4. The average Bonchev–Trinajstić information content (AvgIpc) is 3.47. The quantitative estimate of drug-likeness (QED) is 0.755. The molecule has 3 aliphatic rings. The molecule has 0 aromatic heterocycles. The van der Waals surface area contributed by atoms with Gasteiger partial charge in [-0.3, -0.25) is 9.69 Å². The summed E-state index contributed by atoms with van der Waals surface area (Å²) in [6.45, 7) is 8.74. The predicted molar refractivity (Wildman–Crippen MR) is 108 cm³/mol. The van der Waals surface area contributed by atoms with Crippen LogP contribution in [0.4, 0.5) is 0 Å². The molecule has 0 amide bonds. The van der Waals surface area contributed by atoms with Gasteiger partial charge in [-0.15, -0.1) is 0 Å². The van der Waals surface area contributed by atoms with Gasteiger partial charge in [0.1, 0.15) is 5.78 Å². The standard InChI is InChI=1S/C23H33NO4/c1-4-28-23-10-9-18(25)13-22(23,20-15(2)5-8-19(26)21(20)27)11-12-24(16(23)3)14-17-6-7-17/h5,8,16-17,26-27H,4,6-7,9-14H2,1-3H3/t16-,22-,23-/m1/s1. The Kier molecular flexibility index (Phi) is 4.95. The van der Waals surface area contributed by atoms with Crippen molar-refractivity contribution in [1.82, 2.24) is 4.90 Å². The summed E-state index contributed by atoms with van der Waals surface area (Å²) in [6, 6.07) is 3.52. The van der Waals surface area contributed by atoms with E-state index >= 15 is 0 Å². The first-order valence-electron chi connectivity index (χ1n) is 10.8. The summed E-state index contributed by atoms with van der Waals surface area (Å²) in [5.74, 6) is 0.808. The van der Waals surface area contributed by atoms with E-state index in [1.165, 1.54) is 18.9 Å². The van der Waals surface area contributed by atoms with E-state index in [4.69, 9.17) is 4.74 Å². The second-order valence-corrected chi connectivity index (χ2v) is 9.11. The molecule has 0 radical (unpaired) electrons. The lowest BCUT2D eigenvalue weighted by molar-refractivity contribution is -0.190. The number of benzene rings is 1. The average molecular weight is 388 g/mol. The number of hydrogen-bond acceptors (Lipinski definition) is 5. The molecule has 28 heavy (non-hydrogen) atoms. The first-order chi connectivity index (χ1) is 13.3. The van der Waals surface area contributed by atoms with Crippen LogP contribution in [-0.4, -0.2) is 52.2 Å². The zero-order valence-corrected chi connectivity index (χ0v) is 17.3. The Labute approximate surface area is 167 Å². The van der Waals surface area contributed by atoms with E-state index in [0.29, 0.717) is 31.4 Å². The minimum Gasteiger partial charge on any atom is -0.504 e. The highest BCUT2D eigenvalue weighted by Gasteiger charge is 2.63. The van der Waals surface area contributed by atoms with Crippen molar-refractivity contribution in [3.63, 3.8) is 0 Å². The van der Waals surface area contributed by atoms with Crippen molar-refractivity contribution in [3.05, 3.63) is 23.3 Å². The highest BCUT2D eigenvalue weighted by Crippen LogP contribution is 2.58. The smallest absolute Gasteiger partial charge is 0.161 e. The lowest BCUT2D eigenvalue weighted by Gasteiger charge is -2.62. The fourth-order valence-corrected chi connectivity index (χ4v) is 6.05. The van der Waals surface area contributed by atoms with Gasteiger partial charge in [0.15, 0.2) is 11.5 Å². The molecule has 1 saturated heterocycles. The summed E-state index contributed by atoms with van der Waals surface area (Å²) in [4.78, 5) is 15.3. The number of carbonyl (C=O) groups is 1. The second kappa shape index (κ2) is 7.03. The number of ether oxygens (including phenoxy) is 1. The zero-order valence-electron chi connectivity index (χ0n) is 17.3. The summed E-state index contributed by atoms with van der Waals surface area (Å²) in [5.41, 5.74) is 0.479. The minimum atomic E-state index is -0.606. The van der Waals surface area contributed by atoms with Crippen LogP contribution in [0.5, 0.6) is 11.5 Å². The number of fused-ring (bicyclic) bond motifs is 1. The molecule has 2 aliphatic carbocycles. The first kappa shape index (κ1) is 19.7. The van der Waals surface area contributed by atoms with Gasteiger partial charge in [-0.25, -0.2) is 0 Å². The molecular weight excluding hydrogens is 354 g/mol. The van der Waals surface area contributed by atoms with Gasteiger partial charge in [0.2, 0.25) is 0 Å². The number of piperidine rings is 1. The normalized spacial score (nSPS) is 33.7. The van der Waals surface area contributed by atoms with Crippen LogP contribution in [0.25, 0.3) is 0 Å². The third-order valence-electron chi connectivity index (χ3n) is 7.57. The lowest BCUT2D eigenvalue weighted by Crippen LogP contribution is -2.71. The highest BCUT2D eigenvalue weighted by atomic mass is 16.5. The number of likely N-dealkylation sites (tertiary alicyclic amines) is 1. The Morgan fingerprint density at radius 3 is 2.68 bits per heavy atom. The number of phenols is 2. The molecule has 2 saturated carbocycles. The molecule has 1 aromatic rings. The number of carbonyl (C=O) groups excluding carboxylic acids is 1. The number of hydrogen-bond donors (Lipinski definition) is 2. The molecule has 2 N–H and O–H groups in total. The van der Waals surface area contributed by atoms with Crippen molar-refractivity contribution in [2.45, 2.75) is 76.4 Å². The summed E-state index contributed by atoms with van der Waals surface area (Å²) < 4.78 is 6.59. The van der Waals surface area contributed by atoms with Crippen molar-refractivity contribution in [3.8, 4) is 11.5 Å². The van der Waals surface area contributed by atoms with E-state index in [9.17, 15) is 15.0 Å². The molecule has 4 rings (SSSR count). The Morgan fingerprint density at radius 1 is 1.25 bits per heavy atom. The van der Waals surface area contributed by atoms with Gasteiger partial charge >= 0.3 is 0 Å². The van der Waals surface area contributed by atoms with Crippen LogP contribution in [0.2, 0.25) is 0 Å². The SMILES string of the molecule is CCO[C@@]12CCC(=O)C[C@@]1(c1c(C)ccc(O)c1O)CCN(CC1CC1)[C@@H]2C. The van der Waals surface area contributed by atoms with Crippen molar-refractivity contribution >= 4 is 5.78 Å². The number of phenolic OH excluding ortho intramolecular Hbond substituents is 2. The van der Waals surface area contributed by atoms with E-state index in [2.05, 4.69) is 11.8 Å². The fraction of sp³-hybridized carbons (Fsp3) is 0.696. The van der Waals surface area contributed by atoms with E-state index in [1.807, 2.05) is 19.9 Å². The van der Waals surface area contributed by atoms with Crippen molar-refractivity contribution in [2.24, 2.45) is 5.92 Å². The van der Waals surface area contributed by atoms with Crippen LogP contribution in [0.15, 0.2) is 12.1 Å². The van der Waals surface area contributed by atoms with Gasteiger partial charge in [-0.05, 0) is 70.5 Å². The van der Waals surface area contributed by atoms with Gasteiger partial charge < -0.3 is 14.9 Å². The van der Waals surface area contributed by atoms with Gasteiger partial charge in [0.25, 0.3) is 0 Å². The third-order valence-corrected chi connectivity index (χ3v) is 7.57. The monoisotopic (exact) mass is 387 g/mol. The number of Topliss-reactive ketones (excluding diaryl/α,β-unsaturated/α-hetero) is 1. The van der Waals surface area contributed by atoms with E-state index in [-0.39, 0.29) is 23.3 Å². The molecule has 154 valence electrons. The summed E-state index contributed by atoms with van der Waals surface area (Å²) >= 11 is 0. The number of nitrogens with zero attached hydrogens (tertiary/aromatic N) is 1. The molecule has 0 spiro atoms. The van der Waals surface area contributed by atoms with E-state index in [0.717, 1.165) is 31.0 Å². The Hall–Kier alpha value is -1.59. The summed E-state index contributed by atoms with van der Waals surface area (Å²) in [6.07, 6.45) is 4.92. The minimum absolute atomic E-state index is 0.0818. The van der Waals surface area contributed by atoms with Crippen LogP contribution < -0.4 is 0 Å². The second-order valence-electron chi connectivity index (χ2n) is 9.11. The van der Waals surface area contributed by atoms with E-state index in [1.54, 1.807) is 0 Å². The summed E-state index contributed by atoms with van der Waals surface area (Å²) in [5, 5.41) is 21.2. The third kappa shape index (κ3) is 2.86. The van der Waals surface area contributed by atoms with Crippen molar-refractivity contribution < 1.29 is 19.7 Å². The number of aryl methyl sites for hydroxylation is 1. The first-order valence-corrected chi connectivity index (χ1v) is 10.8. The van der Waals surface area contributed by atoms with Gasteiger partial charge in [0, 0.05) is 43.0 Å². The topological polar surface area (TPSA) is 70.0 Å². The molecule has 1 heterocycles. The summed E-state index contributed by atoms with van der Waals surface area (Å²) in [7, 11) is 0. The van der Waals surface area contributed by atoms with Crippen LogP contribution >= 0.6 is 0 Å². The van der Waals surface area contributed by atoms with Crippen LogP contribution in [0, 0.1) is 12.8 Å². The molecule has 5 nitrogen and oxygen atoms in total. The van der Waals surface area contributed by atoms with Gasteiger partial charge in [-0.1, -0.05) is 6.07 Å². The highest BCUT2D eigenvalue weighted by molar-refractivity contribution is 5.82. The largest absolute Gasteiger partial charge is 0.504 e. The molecule has 1 aromatic carbocycles. The Bertz CT molecular complexity index is 774. The molecule has 0 unspecified atom stereocenters. The molecule has 0 bridgehead atoms. The maximum absolute atomic E-state index is 12.7. The van der Waals surface area contributed by atoms with Crippen molar-refractivity contribution in [2.75, 3.05) is 19.7 Å². The predicted octanol–water partition coefficient (Wildman–Crippen LogP) is 3.68. The maximum Gasteiger partial charge on any atom is 0.161 e. The number of aromatic hydroxyl groups is 2. The van der Waals surface area contributed by atoms with Crippen molar-refractivity contribution in [1.29, 1.82) is 0 Å². The van der Waals surface area contributed by atoms with Gasteiger partial charge in [0.05, 0.1) is 5.60 Å². The molecule has 1 aliphatic heterocycles. The van der Waals surface area contributed by atoms with Crippen LogP contribution in [0.3, 0.4) is 0 Å². The number of ketones is 1. The fourth-order valence-electron chi connectivity index (χ4n) is 6.05. The lowest BCUT2D eigenvalue weighted by atomic mass is 9.52. The van der Waals surface area contributed by atoms with E-state index < -0.39 is 11.0 Å². The number of rotatable bonds is 5. The molecule has 3 atom stereocenters. The van der Waals surface area contributed by atoms with Crippen LogP contribution in [-0.2, 0) is 14.9 Å². The maximum atomic E-state index is 12.7. The Morgan fingerprint density at radius 2 is 2.00 bits per heavy atom. The Balaban J connectivity index is 1.88. The zero-order chi connectivity index (χ0) is 20.1. The molecule has 5 heteroatoms. The molecule has 3 fully saturated rings. The van der Waals surface area contributed by atoms with Crippen LogP contribution in [0.1, 0.15) is 63.5 Å². The van der Waals surface area contributed by atoms with Gasteiger partial charge in [-0.2, -0.15) is 0 Å².